The van der Waals surface area contributed by atoms with Crippen LogP contribution in [0, 0.1) is 0 Å². The molecule has 0 saturated heterocycles. The number of benzene rings is 3. The minimum atomic E-state index is -1.10. The first kappa shape index (κ1) is 24.2. The zero-order chi connectivity index (χ0) is 24.0. The molecule has 3 rings (SSSR count). The fraction of sp³-hybridized carbons (Fsp3) is 0.222. The standard InChI is InChI=1S/C27H26ClNO4/c1-3-29(4-2)26(31)22-7-5-6-21(16-22)24(27(32)33)17-25(30)20-10-8-18(9-11-20)19-12-14-23(28)15-13-19/h5-16,24H,3-4,17H2,1-2H3,(H,32,33)/t24-/m0/s1. The van der Waals surface area contributed by atoms with Gasteiger partial charge in [-0.1, -0.05) is 60.1 Å². The smallest absolute Gasteiger partial charge is 0.311 e. The molecule has 0 aliphatic carbocycles. The van der Waals surface area contributed by atoms with Gasteiger partial charge in [0.1, 0.15) is 0 Å². The number of carbonyl (C=O) groups excluding carboxylic acids is 2. The van der Waals surface area contributed by atoms with Crippen molar-refractivity contribution in [1.82, 2.24) is 4.90 Å². The van der Waals surface area contributed by atoms with Crippen molar-refractivity contribution in [2.75, 3.05) is 13.1 Å². The molecule has 0 bridgehead atoms. The molecule has 0 radical (unpaired) electrons. The first-order valence-corrected chi connectivity index (χ1v) is 11.2. The fourth-order valence-electron chi connectivity index (χ4n) is 3.72. The van der Waals surface area contributed by atoms with E-state index in [0.717, 1.165) is 11.1 Å². The lowest BCUT2D eigenvalue weighted by molar-refractivity contribution is -0.138. The van der Waals surface area contributed by atoms with Gasteiger partial charge in [-0.05, 0) is 54.8 Å². The average molecular weight is 464 g/mol. The molecule has 33 heavy (non-hydrogen) atoms. The highest BCUT2D eigenvalue weighted by atomic mass is 35.5. The summed E-state index contributed by atoms with van der Waals surface area (Å²) in [5.41, 5.74) is 3.19. The topological polar surface area (TPSA) is 74.7 Å². The van der Waals surface area contributed by atoms with Gasteiger partial charge >= 0.3 is 5.97 Å². The van der Waals surface area contributed by atoms with E-state index >= 15 is 0 Å². The van der Waals surface area contributed by atoms with E-state index in [1.165, 1.54) is 0 Å². The molecule has 0 fully saturated rings. The van der Waals surface area contributed by atoms with Crippen molar-refractivity contribution in [3.05, 3.63) is 94.5 Å². The monoisotopic (exact) mass is 463 g/mol. The summed E-state index contributed by atoms with van der Waals surface area (Å²) < 4.78 is 0. The number of halogens is 1. The normalized spacial score (nSPS) is 11.6. The molecular weight excluding hydrogens is 438 g/mol. The Hall–Kier alpha value is -3.44. The summed E-state index contributed by atoms with van der Waals surface area (Å²) in [6.07, 6.45) is -0.196. The Morgan fingerprint density at radius 2 is 1.42 bits per heavy atom. The number of hydrogen-bond acceptors (Lipinski definition) is 3. The average Bonchev–Trinajstić information content (AvgIpc) is 2.83. The molecule has 0 aliphatic rings. The van der Waals surface area contributed by atoms with Gasteiger partial charge in [-0.15, -0.1) is 0 Å². The van der Waals surface area contributed by atoms with E-state index in [1.807, 2.05) is 38.1 Å². The Morgan fingerprint density at radius 3 is 1.97 bits per heavy atom. The summed E-state index contributed by atoms with van der Waals surface area (Å²) in [4.78, 5) is 39.2. The van der Waals surface area contributed by atoms with Crippen LogP contribution in [0.5, 0.6) is 0 Å². The van der Waals surface area contributed by atoms with Crippen LogP contribution in [0.3, 0.4) is 0 Å². The first-order valence-electron chi connectivity index (χ1n) is 10.8. The number of carbonyl (C=O) groups is 3. The highest BCUT2D eigenvalue weighted by Crippen LogP contribution is 2.26. The van der Waals surface area contributed by atoms with Gasteiger partial charge in [0, 0.05) is 35.7 Å². The van der Waals surface area contributed by atoms with Crippen LogP contribution in [0.2, 0.25) is 5.02 Å². The van der Waals surface area contributed by atoms with Crippen molar-refractivity contribution in [3.63, 3.8) is 0 Å². The van der Waals surface area contributed by atoms with E-state index < -0.39 is 11.9 Å². The van der Waals surface area contributed by atoms with Crippen LogP contribution < -0.4 is 0 Å². The number of Topliss-reactive ketones (excluding diaryl/α,β-unsaturated/α-hetero) is 1. The van der Waals surface area contributed by atoms with Gasteiger partial charge in [0.2, 0.25) is 0 Å². The van der Waals surface area contributed by atoms with Crippen LogP contribution in [0.4, 0.5) is 0 Å². The predicted octanol–water partition coefficient (Wildman–Crippen LogP) is 5.93. The molecule has 0 heterocycles. The maximum Gasteiger partial charge on any atom is 0.311 e. The second-order valence-corrected chi connectivity index (χ2v) is 8.14. The van der Waals surface area contributed by atoms with E-state index in [-0.39, 0.29) is 18.1 Å². The number of nitrogens with zero attached hydrogens (tertiary/aromatic N) is 1. The molecule has 0 unspecified atom stereocenters. The van der Waals surface area contributed by atoms with Gasteiger partial charge in [0.15, 0.2) is 5.78 Å². The summed E-state index contributed by atoms with van der Waals surface area (Å²) in [7, 11) is 0. The zero-order valence-corrected chi connectivity index (χ0v) is 19.4. The molecule has 0 saturated carbocycles. The summed E-state index contributed by atoms with van der Waals surface area (Å²) >= 11 is 5.93. The number of carboxylic acid groups (broad SMARTS) is 1. The maximum absolute atomic E-state index is 12.9. The van der Waals surface area contributed by atoms with Crippen LogP contribution in [0.25, 0.3) is 11.1 Å². The van der Waals surface area contributed by atoms with Gasteiger partial charge in [-0.3, -0.25) is 14.4 Å². The summed E-state index contributed by atoms with van der Waals surface area (Å²) in [6, 6.07) is 21.0. The van der Waals surface area contributed by atoms with Gasteiger partial charge in [0.25, 0.3) is 5.91 Å². The number of rotatable bonds is 9. The van der Waals surface area contributed by atoms with Gasteiger partial charge in [0.05, 0.1) is 5.92 Å². The molecule has 1 amide bonds. The van der Waals surface area contributed by atoms with Crippen molar-refractivity contribution in [1.29, 1.82) is 0 Å². The van der Waals surface area contributed by atoms with Crippen molar-refractivity contribution in [2.45, 2.75) is 26.2 Å². The molecular formula is C27H26ClNO4. The fourth-order valence-corrected chi connectivity index (χ4v) is 3.85. The van der Waals surface area contributed by atoms with Crippen LogP contribution in [0.15, 0.2) is 72.8 Å². The number of amides is 1. The van der Waals surface area contributed by atoms with E-state index in [0.29, 0.717) is 34.8 Å². The molecule has 3 aromatic rings. The molecule has 0 aromatic heterocycles. The minimum Gasteiger partial charge on any atom is -0.481 e. The third-order valence-corrected chi connectivity index (χ3v) is 5.91. The second-order valence-electron chi connectivity index (χ2n) is 7.71. The van der Waals surface area contributed by atoms with Gasteiger partial charge < -0.3 is 10.0 Å². The van der Waals surface area contributed by atoms with Crippen LogP contribution in [0.1, 0.15) is 52.5 Å². The van der Waals surface area contributed by atoms with Gasteiger partial charge in [-0.2, -0.15) is 0 Å². The van der Waals surface area contributed by atoms with Crippen molar-refractivity contribution in [3.8, 4) is 11.1 Å². The van der Waals surface area contributed by atoms with Crippen molar-refractivity contribution in [2.24, 2.45) is 0 Å². The molecule has 0 aliphatic heterocycles. The van der Waals surface area contributed by atoms with E-state index in [1.54, 1.807) is 53.4 Å². The lowest BCUT2D eigenvalue weighted by atomic mass is 9.90. The number of carboxylic acids is 1. The van der Waals surface area contributed by atoms with Crippen molar-refractivity contribution < 1.29 is 19.5 Å². The predicted molar refractivity (Wildman–Crippen MR) is 130 cm³/mol. The first-order chi connectivity index (χ1) is 15.8. The summed E-state index contributed by atoms with van der Waals surface area (Å²) in [5.74, 6) is -2.58. The summed E-state index contributed by atoms with van der Waals surface area (Å²) in [5, 5.41) is 10.5. The number of aliphatic carboxylic acids is 1. The Morgan fingerprint density at radius 1 is 0.848 bits per heavy atom. The Bertz CT molecular complexity index is 1140. The zero-order valence-electron chi connectivity index (χ0n) is 18.6. The summed E-state index contributed by atoms with van der Waals surface area (Å²) in [6.45, 7) is 4.91. The largest absolute Gasteiger partial charge is 0.481 e. The molecule has 170 valence electrons. The molecule has 6 heteroatoms. The Balaban J connectivity index is 1.79. The van der Waals surface area contributed by atoms with Crippen LogP contribution in [-0.4, -0.2) is 40.8 Å². The Kier molecular flexibility index (Phi) is 8.01. The molecule has 5 nitrogen and oxygen atoms in total. The molecule has 1 atom stereocenters. The number of ketones is 1. The third-order valence-electron chi connectivity index (χ3n) is 5.66. The second kappa shape index (κ2) is 10.9. The van der Waals surface area contributed by atoms with Gasteiger partial charge in [-0.25, -0.2) is 0 Å². The van der Waals surface area contributed by atoms with E-state index in [9.17, 15) is 19.5 Å². The van der Waals surface area contributed by atoms with Crippen molar-refractivity contribution >= 4 is 29.3 Å². The Labute approximate surface area is 198 Å². The molecule has 3 aromatic carbocycles. The SMILES string of the molecule is CCN(CC)C(=O)c1cccc([C@H](CC(=O)c2ccc(-c3ccc(Cl)cc3)cc2)C(=O)O)c1. The highest BCUT2D eigenvalue weighted by Gasteiger charge is 2.25. The third kappa shape index (κ3) is 5.88. The highest BCUT2D eigenvalue weighted by molar-refractivity contribution is 6.30. The van der Waals surface area contributed by atoms with Crippen LogP contribution in [-0.2, 0) is 4.79 Å². The molecule has 1 N–H and O–H groups in total. The van der Waals surface area contributed by atoms with E-state index in [2.05, 4.69) is 0 Å². The molecule has 0 spiro atoms. The quantitative estimate of drug-likeness (QED) is 0.399. The van der Waals surface area contributed by atoms with E-state index in [4.69, 9.17) is 11.6 Å². The minimum absolute atomic E-state index is 0.157. The lowest BCUT2D eigenvalue weighted by Crippen LogP contribution is -2.30. The maximum atomic E-state index is 12.9. The number of hydrogen-bond donors (Lipinski definition) is 1. The lowest BCUT2D eigenvalue weighted by Gasteiger charge is -2.19. The van der Waals surface area contributed by atoms with Crippen LogP contribution >= 0.6 is 11.6 Å².